The Kier molecular flexibility index (Phi) is 3.91. The third kappa shape index (κ3) is 2.71. The number of fused-ring (bicyclic) bond motifs is 3. The van der Waals surface area contributed by atoms with Crippen molar-refractivity contribution >= 4 is 39.8 Å². The van der Waals surface area contributed by atoms with Crippen molar-refractivity contribution in [1.29, 1.82) is 0 Å². The number of aromatic nitrogens is 3. The molecule has 0 spiro atoms. The smallest absolute Gasteiger partial charge is 0.179 e. The molecule has 134 valence electrons. The molecule has 5 rings (SSSR count). The van der Waals surface area contributed by atoms with E-state index in [1.54, 1.807) is 0 Å². The fraction of sp³-hybridized carbons (Fsp3) is 0.190. The molecule has 0 saturated heterocycles. The van der Waals surface area contributed by atoms with Crippen molar-refractivity contribution < 1.29 is 4.79 Å². The van der Waals surface area contributed by atoms with Crippen LogP contribution >= 0.6 is 23.1 Å². The Morgan fingerprint density at radius 1 is 1.04 bits per heavy atom. The van der Waals surface area contributed by atoms with E-state index in [0.29, 0.717) is 0 Å². The molecule has 2 heterocycles. The summed E-state index contributed by atoms with van der Waals surface area (Å²) in [6.07, 6.45) is 0. The van der Waals surface area contributed by atoms with Crippen LogP contribution in [0.5, 0.6) is 0 Å². The zero-order chi connectivity index (χ0) is 18.5. The van der Waals surface area contributed by atoms with Crippen LogP contribution < -0.4 is 0 Å². The van der Waals surface area contributed by atoms with E-state index in [9.17, 15) is 4.79 Å². The Bertz CT molecular complexity index is 1160. The monoisotopic (exact) mass is 391 g/mol. The van der Waals surface area contributed by atoms with E-state index in [-0.39, 0.29) is 17.0 Å². The van der Waals surface area contributed by atoms with E-state index in [0.717, 1.165) is 37.1 Å². The fourth-order valence-electron chi connectivity index (χ4n) is 3.78. The van der Waals surface area contributed by atoms with Crippen LogP contribution in [0.15, 0.2) is 52.9 Å². The minimum Gasteiger partial charge on any atom is -0.357 e. The first kappa shape index (κ1) is 16.7. The lowest BCUT2D eigenvalue weighted by Gasteiger charge is -2.18. The number of benzene rings is 2. The first-order valence-electron chi connectivity index (χ1n) is 8.80. The van der Waals surface area contributed by atoms with Gasteiger partial charge < -0.3 is 4.98 Å². The number of nitrogens with zero attached hydrogens (tertiary/aromatic N) is 2. The van der Waals surface area contributed by atoms with Gasteiger partial charge in [0, 0.05) is 28.1 Å². The molecule has 2 atom stereocenters. The maximum Gasteiger partial charge on any atom is 0.179 e. The highest BCUT2D eigenvalue weighted by Crippen LogP contribution is 2.48. The lowest BCUT2D eigenvalue weighted by molar-refractivity contribution is 0.0999. The molecule has 1 aliphatic rings. The number of ketones is 1. The molecule has 0 fully saturated rings. The van der Waals surface area contributed by atoms with Crippen molar-refractivity contribution in [2.24, 2.45) is 0 Å². The number of carbonyl (C=O) groups is 1. The molecule has 0 unspecified atom stereocenters. The van der Waals surface area contributed by atoms with E-state index in [2.05, 4.69) is 46.4 Å². The summed E-state index contributed by atoms with van der Waals surface area (Å²) < 4.78 is 0.845. The van der Waals surface area contributed by atoms with Crippen LogP contribution in [0.4, 0.5) is 0 Å². The second-order valence-corrected chi connectivity index (χ2v) is 9.41. The van der Waals surface area contributed by atoms with E-state index < -0.39 is 0 Å². The first-order valence-corrected chi connectivity index (χ1v) is 10.5. The number of thioether (sulfide) groups is 1. The van der Waals surface area contributed by atoms with Gasteiger partial charge in [-0.1, -0.05) is 71.1 Å². The van der Waals surface area contributed by atoms with E-state index >= 15 is 0 Å². The topological polar surface area (TPSA) is 58.6 Å². The number of rotatable bonds is 3. The summed E-state index contributed by atoms with van der Waals surface area (Å²) in [6, 6.07) is 16.5. The molecule has 1 aliphatic carbocycles. The Morgan fingerprint density at radius 3 is 2.56 bits per heavy atom. The van der Waals surface area contributed by atoms with Crippen molar-refractivity contribution in [3.05, 3.63) is 75.9 Å². The molecule has 0 aliphatic heterocycles. The highest BCUT2D eigenvalue weighted by Gasteiger charge is 2.44. The van der Waals surface area contributed by atoms with Crippen molar-refractivity contribution in [3.63, 3.8) is 0 Å². The minimum atomic E-state index is -0.231. The van der Waals surface area contributed by atoms with Gasteiger partial charge in [0.25, 0.3) is 0 Å². The molecular weight excluding hydrogens is 374 g/mol. The average Bonchev–Trinajstić information content (AvgIpc) is 3.31. The van der Waals surface area contributed by atoms with Gasteiger partial charge in [0.05, 0.1) is 5.25 Å². The molecule has 27 heavy (non-hydrogen) atoms. The summed E-state index contributed by atoms with van der Waals surface area (Å²) in [7, 11) is 0. The summed E-state index contributed by atoms with van der Waals surface area (Å²) in [5.74, 6) is 0.153. The van der Waals surface area contributed by atoms with E-state index in [4.69, 9.17) is 0 Å². The molecule has 2 aromatic heterocycles. The van der Waals surface area contributed by atoms with Crippen molar-refractivity contribution in [2.75, 3.05) is 0 Å². The summed E-state index contributed by atoms with van der Waals surface area (Å²) in [4.78, 5) is 17.0. The molecule has 0 amide bonds. The Morgan fingerprint density at radius 2 is 1.81 bits per heavy atom. The molecule has 1 N–H and O–H groups in total. The number of nitrogens with one attached hydrogen (secondary N) is 1. The van der Waals surface area contributed by atoms with Crippen LogP contribution in [0.3, 0.4) is 0 Å². The second kappa shape index (κ2) is 6.32. The first-order chi connectivity index (χ1) is 13.1. The number of H-pyrrole nitrogens is 1. The van der Waals surface area contributed by atoms with Crippen LogP contribution in [0.2, 0.25) is 0 Å². The Hall–Kier alpha value is -2.44. The van der Waals surface area contributed by atoms with Gasteiger partial charge in [0.1, 0.15) is 5.01 Å². The maximum absolute atomic E-state index is 13.4. The summed E-state index contributed by atoms with van der Waals surface area (Å²) >= 11 is 3.07. The SMILES string of the molecule is Cc1ccc([C@@H]2c3[nH]c4ccccc4c3C(=O)[C@@H]2Sc2nnc(C)s2)cc1. The molecule has 4 nitrogen and oxygen atoms in total. The number of para-hydroxylation sites is 1. The van der Waals surface area contributed by atoms with Crippen molar-refractivity contribution in [1.82, 2.24) is 15.2 Å². The maximum atomic E-state index is 13.4. The van der Waals surface area contributed by atoms with Crippen LogP contribution in [0.25, 0.3) is 10.9 Å². The average molecular weight is 392 g/mol. The van der Waals surface area contributed by atoms with Crippen LogP contribution in [-0.4, -0.2) is 26.2 Å². The number of Topliss-reactive ketones (excluding diaryl/α,β-unsaturated/α-hetero) is 1. The largest absolute Gasteiger partial charge is 0.357 e. The van der Waals surface area contributed by atoms with Gasteiger partial charge in [0.15, 0.2) is 10.1 Å². The molecule has 4 aromatic rings. The van der Waals surface area contributed by atoms with E-state index in [1.165, 1.54) is 28.7 Å². The minimum absolute atomic E-state index is 0.0188. The summed E-state index contributed by atoms with van der Waals surface area (Å²) in [5.41, 5.74) is 5.23. The molecule has 6 heteroatoms. The molecule has 0 radical (unpaired) electrons. The highest BCUT2D eigenvalue weighted by atomic mass is 32.2. The van der Waals surface area contributed by atoms with Crippen molar-refractivity contribution in [2.45, 2.75) is 29.4 Å². The molecule has 0 bridgehead atoms. The third-order valence-corrected chi connectivity index (χ3v) is 7.22. The summed E-state index contributed by atoms with van der Waals surface area (Å²) in [6.45, 7) is 4.01. The Labute approximate surface area is 165 Å². The van der Waals surface area contributed by atoms with Gasteiger partial charge in [-0.15, -0.1) is 10.2 Å². The zero-order valence-electron chi connectivity index (χ0n) is 14.9. The standard InChI is InChI=1S/C21H17N3OS2/c1-11-7-9-13(10-8-11)16-18-17(14-5-3-4-6-15(14)22-18)19(25)20(16)27-21-24-23-12(2)26-21/h3-10,16,20,22H,1-2H3/t16-,20-/m1/s1. The zero-order valence-corrected chi connectivity index (χ0v) is 16.5. The van der Waals surface area contributed by atoms with Crippen LogP contribution in [-0.2, 0) is 0 Å². The van der Waals surface area contributed by atoms with Gasteiger partial charge in [-0.05, 0) is 25.5 Å². The summed E-state index contributed by atoms with van der Waals surface area (Å²) in [5, 5.41) is 10.0. The Balaban J connectivity index is 1.66. The third-order valence-electron chi connectivity index (χ3n) is 5.03. The molecule has 0 saturated carbocycles. The number of aryl methyl sites for hydroxylation is 2. The number of hydrogen-bond donors (Lipinski definition) is 1. The molecular formula is C21H17N3OS2. The second-order valence-electron chi connectivity index (χ2n) is 6.84. The lowest BCUT2D eigenvalue weighted by atomic mass is 9.95. The lowest BCUT2D eigenvalue weighted by Crippen LogP contribution is -2.18. The molecule has 2 aromatic carbocycles. The van der Waals surface area contributed by atoms with Crippen LogP contribution in [0.1, 0.15) is 38.1 Å². The number of carbonyl (C=O) groups excluding carboxylic acids is 1. The number of hydrogen-bond acceptors (Lipinski definition) is 5. The van der Waals surface area contributed by atoms with Gasteiger partial charge in [-0.3, -0.25) is 4.79 Å². The fourth-order valence-corrected chi connectivity index (χ4v) is 6.02. The van der Waals surface area contributed by atoms with Gasteiger partial charge in [0.2, 0.25) is 0 Å². The highest BCUT2D eigenvalue weighted by molar-refractivity contribution is 8.02. The number of aromatic amines is 1. The van der Waals surface area contributed by atoms with Gasteiger partial charge >= 0.3 is 0 Å². The van der Waals surface area contributed by atoms with Gasteiger partial charge in [-0.2, -0.15) is 0 Å². The van der Waals surface area contributed by atoms with E-state index in [1.807, 2.05) is 31.2 Å². The van der Waals surface area contributed by atoms with Gasteiger partial charge in [-0.25, -0.2) is 0 Å². The van der Waals surface area contributed by atoms with Crippen molar-refractivity contribution in [3.8, 4) is 0 Å². The predicted octanol–water partition coefficient (Wildman–Crippen LogP) is 5.13. The predicted molar refractivity (Wildman–Crippen MR) is 110 cm³/mol. The normalized spacial score (nSPS) is 19.0. The quantitative estimate of drug-likeness (QED) is 0.526. The van der Waals surface area contributed by atoms with Crippen LogP contribution in [0, 0.1) is 13.8 Å².